The van der Waals surface area contributed by atoms with E-state index in [1.54, 1.807) is 20.8 Å². The predicted octanol–water partition coefficient (Wildman–Crippen LogP) is 10.5. The summed E-state index contributed by atoms with van der Waals surface area (Å²) in [5, 5.41) is 5.63. The summed E-state index contributed by atoms with van der Waals surface area (Å²) in [5.41, 5.74) is 10.9. The lowest BCUT2D eigenvalue weighted by atomic mass is 9.84. The maximum absolute atomic E-state index is 15.2. The van der Waals surface area contributed by atoms with Crippen molar-refractivity contribution >= 4 is 49.0 Å². The number of esters is 1. The molecule has 4 heterocycles. The topological polar surface area (TPSA) is 165 Å². The van der Waals surface area contributed by atoms with E-state index in [0.29, 0.717) is 31.6 Å². The molecular formula is C59H87N7O8Si. The molecule has 2 aromatic carbocycles. The van der Waals surface area contributed by atoms with Crippen molar-refractivity contribution in [2.45, 2.75) is 183 Å². The molecule has 0 spiro atoms. The molecule has 2 aliphatic heterocycles. The summed E-state index contributed by atoms with van der Waals surface area (Å²) in [7, 11) is 0.471. The van der Waals surface area contributed by atoms with Gasteiger partial charge in [0.25, 0.3) is 14.2 Å². The first kappa shape index (κ1) is 58.5. The second-order valence-electron chi connectivity index (χ2n) is 24.0. The summed E-state index contributed by atoms with van der Waals surface area (Å²) in [5.74, 6) is -1.61. The Bertz CT molecular complexity index is 2700. The van der Waals surface area contributed by atoms with Gasteiger partial charge in [0.15, 0.2) is 0 Å². The Morgan fingerprint density at radius 2 is 1.63 bits per heavy atom. The van der Waals surface area contributed by atoms with Gasteiger partial charge in [0, 0.05) is 67.9 Å². The van der Waals surface area contributed by atoms with E-state index in [0.717, 1.165) is 50.8 Å². The number of rotatable bonds is 14. The number of hydrogen-bond donors (Lipinski definition) is 2. The van der Waals surface area contributed by atoms with Gasteiger partial charge >= 0.3 is 12.1 Å². The van der Waals surface area contributed by atoms with Crippen molar-refractivity contribution in [1.82, 2.24) is 35.1 Å². The van der Waals surface area contributed by atoms with E-state index >= 15 is 4.79 Å². The van der Waals surface area contributed by atoms with Crippen LogP contribution in [-0.2, 0) is 54.5 Å². The van der Waals surface area contributed by atoms with E-state index in [9.17, 15) is 19.2 Å². The lowest BCUT2D eigenvalue weighted by molar-refractivity contribution is -0.155. The number of carbonyl (C=O) groups is 5. The highest BCUT2D eigenvalue weighted by atomic mass is 28.4. The predicted molar refractivity (Wildman–Crippen MR) is 300 cm³/mol. The number of nitrogens with zero attached hydrogens (tertiary/aromatic N) is 5. The van der Waals surface area contributed by atoms with Crippen LogP contribution >= 0.6 is 0 Å². The van der Waals surface area contributed by atoms with Crippen molar-refractivity contribution in [3.05, 3.63) is 71.5 Å². The summed E-state index contributed by atoms with van der Waals surface area (Å²) in [4.78, 5) is 78.1. The van der Waals surface area contributed by atoms with Crippen LogP contribution in [0.1, 0.15) is 133 Å². The number of benzene rings is 2. The van der Waals surface area contributed by atoms with Crippen LogP contribution < -0.4 is 15.2 Å². The second-order valence-corrected chi connectivity index (χ2v) is 29.4. The molecule has 16 heteroatoms. The lowest BCUT2D eigenvalue weighted by Gasteiger charge is -2.42. The summed E-state index contributed by atoms with van der Waals surface area (Å²) < 4.78 is 21.5. The number of likely N-dealkylation sites (N-methyl/N-ethyl adjacent to an activating group) is 2. The molecular weight excluding hydrogens is 963 g/mol. The normalized spacial score (nSPS) is 18.0. The van der Waals surface area contributed by atoms with Crippen LogP contribution in [0.2, 0.25) is 16.6 Å². The third-order valence-electron chi connectivity index (χ3n) is 15.2. The van der Waals surface area contributed by atoms with Crippen LogP contribution in [0.4, 0.5) is 4.79 Å². The number of hydrogen-bond acceptors (Lipinski definition) is 10. The van der Waals surface area contributed by atoms with E-state index < -0.39 is 73.2 Å². The van der Waals surface area contributed by atoms with Crippen LogP contribution in [0.5, 0.6) is 5.75 Å². The van der Waals surface area contributed by atoms with E-state index in [1.807, 2.05) is 32.3 Å². The van der Waals surface area contributed by atoms with Crippen LogP contribution in [0.25, 0.3) is 33.3 Å². The molecule has 2 aromatic heterocycles. The molecule has 0 radical (unpaired) electrons. The van der Waals surface area contributed by atoms with Crippen LogP contribution in [-0.4, -0.2) is 120 Å². The van der Waals surface area contributed by atoms with Gasteiger partial charge in [-0.25, -0.2) is 10.2 Å². The maximum Gasteiger partial charge on any atom is 0.410 e. The number of hydrazine groups is 1. The van der Waals surface area contributed by atoms with Gasteiger partial charge in [0.1, 0.15) is 36.0 Å². The molecule has 2 aliphatic rings. The SMILES string of the molecule is CCc1ccncc1-c1c2c3cc(ccc3n1CC)-c1cc(cc(O[Si](C(C)C)(C(C)C)C(C)C)c1)C[C@H](NC(=O)[C@H](C(C)C)N(C)C(=O)CN(C)C(=O)OC(C)(C)C)C(=O)N1CCC[C@H](N1)C(=O)OCC(C)(C)C2. The van der Waals surface area contributed by atoms with E-state index in [1.165, 1.54) is 34.5 Å². The zero-order valence-corrected chi connectivity index (χ0v) is 49.1. The number of carbonyl (C=O) groups excluding carboxylic acids is 5. The van der Waals surface area contributed by atoms with Gasteiger partial charge in [0.2, 0.25) is 11.8 Å². The number of nitrogens with one attached hydrogen (secondary N) is 2. The zero-order chi connectivity index (χ0) is 55.5. The standard InChI is InChI=1S/C59H87N7O8Si/c1-18-41-24-25-60-33-47(41)53-46-32-59(14,15)35-72-56(70)48-21-20-26-66(62-48)55(69)49(61-54(68)52(36(3)4)64(17)51(67)34-63(16)57(71)73-58(11,12)13)29-40-27-43(42-22-23-50(45(46)31-42)65(53)19-2)30-44(28-40)74-75(37(5)6,38(7)8)39(9)10/h22-25,27-28,30-31,33,36-39,48-49,52,62H,18-21,26,29,32,34-35H2,1-17H3,(H,61,68)/t48-,49-,52-/m0/s1. The number of cyclic esters (lactones) is 1. The molecule has 6 rings (SSSR count). The second kappa shape index (κ2) is 23.7. The number of fused-ring (bicyclic) bond motifs is 6. The molecule has 0 unspecified atom stereocenters. The van der Waals surface area contributed by atoms with Gasteiger partial charge in [-0.05, 0) is 134 Å². The van der Waals surface area contributed by atoms with Gasteiger partial charge in [-0.15, -0.1) is 0 Å². The van der Waals surface area contributed by atoms with Crippen LogP contribution in [0.15, 0.2) is 54.9 Å². The van der Waals surface area contributed by atoms with Gasteiger partial charge in [-0.2, -0.15) is 0 Å². The largest absolute Gasteiger partial charge is 0.543 e. The molecule has 75 heavy (non-hydrogen) atoms. The highest BCUT2D eigenvalue weighted by Gasteiger charge is 2.47. The fourth-order valence-electron chi connectivity index (χ4n) is 11.6. The average Bonchev–Trinajstić information content (AvgIpc) is 3.64. The Morgan fingerprint density at radius 3 is 2.24 bits per heavy atom. The smallest absolute Gasteiger partial charge is 0.410 e. The maximum atomic E-state index is 15.2. The molecule has 4 amide bonds. The van der Waals surface area contributed by atoms with Gasteiger partial charge in [-0.3, -0.25) is 29.2 Å². The fourth-order valence-corrected chi connectivity index (χ4v) is 16.9. The molecule has 1 saturated heterocycles. The monoisotopic (exact) mass is 1050 g/mol. The minimum Gasteiger partial charge on any atom is -0.543 e. The minimum atomic E-state index is -2.54. The van der Waals surface area contributed by atoms with Gasteiger partial charge < -0.3 is 33.6 Å². The molecule has 6 bridgehead atoms. The Kier molecular flexibility index (Phi) is 18.5. The molecule has 0 aliphatic carbocycles. The highest BCUT2D eigenvalue weighted by Crippen LogP contribution is 2.45. The first-order chi connectivity index (χ1) is 35.1. The Balaban J connectivity index is 1.55. The first-order valence-electron chi connectivity index (χ1n) is 27.3. The molecule has 1 fully saturated rings. The van der Waals surface area contributed by atoms with Crippen molar-refractivity contribution in [2.24, 2.45) is 11.3 Å². The molecule has 4 aromatic rings. The third kappa shape index (κ3) is 13.1. The summed E-state index contributed by atoms with van der Waals surface area (Å²) in [6, 6.07) is 12.0. The fraction of sp³-hybridized carbons (Fsp3) is 0.593. The average molecular weight is 1050 g/mol. The number of amides is 4. The van der Waals surface area contributed by atoms with E-state index in [-0.39, 0.29) is 42.7 Å². The number of pyridine rings is 1. The van der Waals surface area contributed by atoms with Crippen molar-refractivity contribution in [3.63, 3.8) is 0 Å². The first-order valence-corrected chi connectivity index (χ1v) is 29.4. The summed E-state index contributed by atoms with van der Waals surface area (Å²) in [6.45, 7) is 31.8. The quantitative estimate of drug-likeness (QED) is 0.0917. The van der Waals surface area contributed by atoms with Crippen molar-refractivity contribution in [3.8, 4) is 28.1 Å². The molecule has 0 saturated carbocycles. The van der Waals surface area contributed by atoms with Gasteiger partial charge in [-0.1, -0.05) is 88.3 Å². The van der Waals surface area contributed by atoms with Crippen molar-refractivity contribution in [2.75, 3.05) is 33.8 Å². The lowest BCUT2D eigenvalue weighted by Crippen LogP contribution is -2.62. The molecule has 15 nitrogen and oxygen atoms in total. The third-order valence-corrected chi connectivity index (χ3v) is 21.2. The van der Waals surface area contributed by atoms with Crippen molar-refractivity contribution in [1.29, 1.82) is 0 Å². The highest BCUT2D eigenvalue weighted by molar-refractivity contribution is 6.78. The minimum absolute atomic E-state index is 0.0599. The van der Waals surface area contributed by atoms with Crippen LogP contribution in [0, 0.1) is 11.3 Å². The van der Waals surface area contributed by atoms with Crippen LogP contribution in [0.3, 0.4) is 0 Å². The number of aryl methyl sites for hydroxylation is 2. The molecule has 3 atom stereocenters. The Morgan fingerprint density at radius 1 is 0.947 bits per heavy atom. The summed E-state index contributed by atoms with van der Waals surface area (Å²) in [6.07, 6.45) is 5.61. The molecule has 2 N–H and O–H groups in total. The van der Waals surface area contributed by atoms with Gasteiger partial charge in [0.05, 0.1) is 12.3 Å². The van der Waals surface area contributed by atoms with E-state index in [2.05, 4.69) is 126 Å². The summed E-state index contributed by atoms with van der Waals surface area (Å²) >= 11 is 0. The number of ether oxygens (including phenoxy) is 2. The van der Waals surface area contributed by atoms with E-state index in [4.69, 9.17) is 13.9 Å². The molecule has 410 valence electrons. The Labute approximate surface area is 447 Å². The van der Waals surface area contributed by atoms with Crippen molar-refractivity contribution < 1.29 is 37.9 Å². The number of aromatic nitrogens is 2. The Hall–Kier alpha value is -5.74. The zero-order valence-electron chi connectivity index (χ0n) is 48.1.